The van der Waals surface area contributed by atoms with Crippen LogP contribution in [-0.4, -0.2) is 10.2 Å². The van der Waals surface area contributed by atoms with Crippen molar-refractivity contribution in [3.63, 3.8) is 0 Å². The summed E-state index contributed by atoms with van der Waals surface area (Å²) in [5.41, 5.74) is 0. The lowest BCUT2D eigenvalue weighted by molar-refractivity contribution is 0.475. The summed E-state index contributed by atoms with van der Waals surface area (Å²) in [5.74, 6) is 0.527. The lowest BCUT2D eigenvalue weighted by atomic mass is 9.89. The van der Waals surface area contributed by atoms with Gasteiger partial charge in [0.1, 0.15) is 11.5 Å². The molecule has 0 aliphatic rings. The first kappa shape index (κ1) is 15.3. The van der Waals surface area contributed by atoms with E-state index in [2.05, 4.69) is 48.5 Å². The fourth-order valence-electron chi connectivity index (χ4n) is 4.56. The molecule has 0 saturated carbocycles. The van der Waals surface area contributed by atoms with Crippen LogP contribution in [0.3, 0.4) is 0 Å². The number of hydrogen-bond acceptors (Lipinski definition) is 2. The molecule has 0 aliphatic carbocycles. The first-order chi connectivity index (χ1) is 13.7. The van der Waals surface area contributed by atoms with Crippen LogP contribution in [0.25, 0.3) is 53.9 Å². The van der Waals surface area contributed by atoms with Gasteiger partial charge in [0, 0.05) is 0 Å². The summed E-state index contributed by atoms with van der Waals surface area (Å²) in [5, 5.41) is 31.5. The largest absolute Gasteiger partial charge is 0.508 e. The molecule has 0 amide bonds. The molecule has 2 N–H and O–H groups in total. The maximum Gasteiger partial charge on any atom is 0.116 e. The third-order valence-corrected chi connectivity index (χ3v) is 5.77. The second-order valence-electron chi connectivity index (χ2n) is 7.33. The summed E-state index contributed by atoms with van der Waals surface area (Å²) in [6.07, 6.45) is 0. The van der Waals surface area contributed by atoms with Gasteiger partial charge < -0.3 is 10.2 Å². The van der Waals surface area contributed by atoms with E-state index >= 15 is 0 Å². The number of rotatable bonds is 0. The molecule has 2 heteroatoms. The van der Waals surface area contributed by atoms with E-state index < -0.39 is 0 Å². The Labute approximate surface area is 160 Å². The van der Waals surface area contributed by atoms with Crippen LogP contribution < -0.4 is 0 Å². The van der Waals surface area contributed by atoms with Crippen LogP contribution in [0.15, 0.2) is 84.9 Å². The molecular weight excluding hydrogens is 344 g/mol. The summed E-state index contributed by atoms with van der Waals surface area (Å²) in [6.45, 7) is 0. The normalized spacial score (nSPS) is 11.9. The molecule has 0 fully saturated rings. The molecule has 0 saturated heterocycles. The average molecular weight is 360 g/mol. The van der Waals surface area contributed by atoms with Crippen LogP contribution in [0.1, 0.15) is 0 Å². The highest BCUT2D eigenvalue weighted by Gasteiger charge is 2.13. The van der Waals surface area contributed by atoms with Crippen LogP contribution in [0.5, 0.6) is 11.5 Å². The maximum atomic E-state index is 10.2. The topological polar surface area (TPSA) is 40.5 Å². The molecule has 0 bridgehead atoms. The van der Waals surface area contributed by atoms with E-state index in [9.17, 15) is 10.2 Å². The monoisotopic (exact) mass is 360 g/mol. The summed E-state index contributed by atoms with van der Waals surface area (Å²) in [4.78, 5) is 0. The van der Waals surface area contributed by atoms with Crippen molar-refractivity contribution in [2.75, 3.05) is 0 Å². The van der Waals surface area contributed by atoms with Crippen molar-refractivity contribution in [3.05, 3.63) is 84.9 Å². The zero-order chi connectivity index (χ0) is 18.8. The minimum atomic E-state index is 0.264. The molecule has 0 unspecified atom stereocenters. The van der Waals surface area contributed by atoms with Gasteiger partial charge in [-0.2, -0.15) is 0 Å². The van der Waals surface area contributed by atoms with Crippen LogP contribution in [-0.2, 0) is 0 Å². The second-order valence-corrected chi connectivity index (χ2v) is 7.33. The van der Waals surface area contributed by atoms with Crippen molar-refractivity contribution >= 4 is 53.9 Å². The van der Waals surface area contributed by atoms with Crippen LogP contribution >= 0.6 is 0 Å². The molecule has 2 nitrogen and oxygen atoms in total. The van der Waals surface area contributed by atoms with E-state index in [0.29, 0.717) is 0 Å². The van der Waals surface area contributed by atoms with E-state index in [0.717, 1.165) is 48.5 Å². The smallest absolute Gasteiger partial charge is 0.116 e. The number of benzene rings is 6. The van der Waals surface area contributed by atoms with Gasteiger partial charge in [-0.15, -0.1) is 0 Å². The van der Waals surface area contributed by atoms with Crippen LogP contribution in [0, 0.1) is 0 Å². The number of phenols is 2. The minimum absolute atomic E-state index is 0.264. The Morgan fingerprint density at radius 3 is 1.79 bits per heavy atom. The lowest BCUT2D eigenvalue weighted by Crippen LogP contribution is -1.86. The first-order valence-corrected chi connectivity index (χ1v) is 9.32. The van der Waals surface area contributed by atoms with Gasteiger partial charge >= 0.3 is 0 Å². The molecule has 6 aromatic carbocycles. The van der Waals surface area contributed by atoms with E-state index in [1.54, 1.807) is 12.1 Å². The molecule has 0 spiro atoms. The average Bonchev–Trinajstić information content (AvgIpc) is 2.73. The van der Waals surface area contributed by atoms with Crippen molar-refractivity contribution in [2.45, 2.75) is 0 Å². The Morgan fingerprint density at radius 1 is 0.393 bits per heavy atom. The Kier molecular flexibility index (Phi) is 2.93. The molecule has 6 aromatic rings. The summed E-state index contributed by atoms with van der Waals surface area (Å²) in [7, 11) is 0. The van der Waals surface area contributed by atoms with Gasteiger partial charge in [-0.25, -0.2) is 0 Å². The Morgan fingerprint density at radius 2 is 0.929 bits per heavy atom. The second kappa shape index (κ2) is 5.37. The fourth-order valence-corrected chi connectivity index (χ4v) is 4.56. The number of hydrogen-bond donors (Lipinski definition) is 2. The molecular formula is C26H16O2. The Hall–Kier alpha value is -3.78. The highest BCUT2D eigenvalue weighted by Crippen LogP contribution is 2.42. The van der Waals surface area contributed by atoms with Gasteiger partial charge in [0.25, 0.3) is 0 Å². The summed E-state index contributed by atoms with van der Waals surface area (Å²) in [6, 6.07) is 28.0. The van der Waals surface area contributed by atoms with Gasteiger partial charge in [0.15, 0.2) is 0 Å². The molecule has 6 rings (SSSR count). The predicted octanol–water partition coefficient (Wildman–Crippen LogP) is 6.86. The summed E-state index contributed by atoms with van der Waals surface area (Å²) >= 11 is 0. The molecule has 0 radical (unpaired) electrons. The van der Waals surface area contributed by atoms with Crippen LogP contribution in [0.2, 0.25) is 0 Å². The van der Waals surface area contributed by atoms with Gasteiger partial charge in [0.2, 0.25) is 0 Å². The molecule has 0 aliphatic heterocycles. The highest BCUT2D eigenvalue weighted by molar-refractivity contribution is 6.35. The number of aromatic hydroxyl groups is 2. The molecule has 132 valence electrons. The van der Waals surface area contributed by atoms with Crippen molar-refractivity contribution in [2.24, 2.45) is 0 Å². The van der Waals surface area contributed by atoms with Gasteiger partial charge in [-0.05, 0) is 78.1 Å². The number of fused-ring (bicyclic) bond motifs is 10. The SMILES string of the molecule is Oc1ccc2c3ccccc3c3c(ccc4ccc5ccc(O)cc5c43)c2c1. The maximum absolute atomic E-state index is 10.2. The fraction of sp³-hybridized carbons (Fsp3) is 0. The van der Waals surface area contributed by atoms with Crippen molar-refractivity contribution in [1.82, 2.24) is 0 Å². The van der Waals surface area contributed by atoms with Crippen LogP contribution in [0.4, 0.5) is 0 Å². The first-order valence-electron chi connectivity index (χ1n) is 9.32. The zero-order valence-corrected chi connectivity index (χ0v) is 15.0. The molecule has 28 heavy (non-hydrogen) atoms. The standard InChI is InChI=1S/C26H16O2/c27-17-9-7-15-5-6-16-8-11-22-24-14-18(28)10-12-20(24)19-3-1-2-4-21(19)26(22)25(16)23(15)13-17/h1-14,27-28H. The molecule has 0 aromatic heterocycles. The quantitative estimate of drug-likeness (QED) is 0.290. The molecule has 0 heterocycles. The Bertz CT molecular complexity index is 1570. The lowest BCUT2D eigenvalue weighted by Gasteiger charge is -2.14. The van der Waals surface area contributed by atoms with Crippen molar-refractivity contribution < 1.29 is 10.2 Å². The third-order valence-electron chi connectivity index (χ3n) is 5.77. The van der Waals surface area contributed by atoms with Crippen molar-refractivity contribution in [3.8, 4) is 11.5 Å². The highest BCUT2D eigenvalue weighted by atomic mass is 16.3. The van der Waals surface area contributed by atoms with E-state index in [1.807, 2.05) is 24.3 Å². The zero-order valence-electron chi connectivity index (χ0n) is 15.0. The Balaban J connectivity index is 2.03. The van der Waals surface area contributed by atoms with E-state index in [1.165, 1.54) is 5.39 Å². The summed E-state index contributed by atoms with van der Waals surface area (Å²) < 4.78 is 0. The van der Waals surface area contributed by atoms with Gasteiger partial charge in [-0.3, -0.25) is 0 Å². The number of phenolic OH excluding ortho intramolecular Hbond substituents is 2. The minimum Gasteiger partial charge on any atom is -0.508 e. The predicted molar refractivity (Wildman–Crippen MR) is 117 cm³/mol. The third kappa shape index (κ3) is 1.97. The van der Waals surface area contributed by atoms with E-state index in [-0.39, 0.29) is 11.5 Å². The molecule has 0 atom stereocenters. The van der Waals surface area contributed by atoms with E-state index in [4.69, 9.17) is 0 Å². The van der Waals surface area contributed by atoms with Gasteiger partial charge in [-0.1, -0.05) is 60.7 Å². The van der Waals surface area contributed by atoms with Gasteiger partial charge in [0.05, 0.1) is 0 Å². The van der Waals surface area contributed by atoms with Crippen molar-refractivity contribution in [1.29, 1.82) is 0 Å².